The van der Waals surface area contributed by atoms with Gasteiger partial charge in [0.25, 0.3) is 0 Å². The zero-order chi connectivity index (χ0) is 73.8. The zero-order valence-electron chi connectivity index (χ0n) is 65.3. The molecule has 20 nitrogen and oxygen atoms in total. The number of ether oxygens (including phenoxy) is 2. The molecular formula is C77H111B2LaN14NiO6-2. The van der Waals surface area contributed by atoms with Gasteiger partial charge in [-0.15, -0.1) is 5.69 Å². The number of hydrogen-bond donors (Lipinski definition) is 0. The van der Waals surface area contributed by atoms with Gasteiger partial charge in [-0.1, -0.05) is 159 Å². The fourth-order valence-corrected chi connectivity index (χ4v) is 12.1. The summed E-state index contributed by atoms with van der Waals surface area (Å²) < 4.78 is 22.3. The maximum Gasteiger partial charge on any atom is 3.00 e. The summed E-state index contributed by atoms with van der Waals surface area (Å²) in [6, 6.07) is 20.7. The van der Waals surface area contributed by atoms with Gasteiger partial charge in [0, 0.05) is 58.6 Å². The molecule has 7 heterocycles. The van der Waals surface area contributed by atoms with Crippen molar-refractivity contribution < 1.29 is 81.4 Å². The van der Waals surface area contributed by atoms with Crippen LogP contribution in [-0.4, -0.2) is 117 Å². The molecule has 1 saturated heterocycles. The van der Waals surface area contributed by atoms with E-state index >= 15 is 0 Å². The normalized spacial score (nSPS) is 13.8. The number of aryl methyl sites for hydroxylation is 12. The third-order valence-corrected chi connectivity index (χ3v) is 17.4. The van der Waals surface area contributed by atoms with Gasteiger partial charge in [-0.05, 0) is 215 Å². The first-order valence-electron chi connectivity index (χ1n) is 35.0. The number of nitrogens with zero attached hydrogens (tertiary/aromatic N) is 14. The first kappa shape index (κ1) is 86.5. The quantitative estimate of drug-likeness (QED) is 0.0428. The summed E-state index contributed by atoms with van der Waals surface area (Å²) in [6.07, 6.45) is 12.3. The van der Waals surface area contributed by atoms with E-state index in [4.69, 9.17) is 40.1 Å². The van der Waals surface area contributed by atoms with Crippen LogP contribution in [-0.2, 0) is 41.6 Å². The number of rotatable bonds is 14. The van der Waals surface area contributed by atoms with Crippen LogP contribution in [0.3, 0.4) is 0 Å². The number of ketones is 1. The number of carbonyl (C=O) groups is 2. The summed E-state index contributed by atoms with van der Waals surface area (Å²) in [5, 5.41) is 57.9. The number of allylic oxidation sites excluding steroid dienone is 5. The minimum atomic E-state index is -1.35. The van der Waals surface area contributed by atoms with Gasteiger partial charge in [0.15, 0.2) is 5.78 Å². The smallest absolute Gasteiger partial charge is 0.872 e. The van der Waals surface area contributed by atoms with E-state index in [9.17, 15) is 19.8 Å². The Bertz CT molecular complexity index is 3850. The second kappa shape index (κ2) is 37.0. The monoisotopic (exact) mass is 1550 g/mol. The molecule has 6 aromatic heterocycles. The minimum Gasteiger partial charge on any atom is -0.872 e. The number of carbonyl (C=O) groups excluding carboxylic acids is 2. The number of aromatic carboxylic acids is 1. The van der Waals surface area contributed by atoms with E-state index in [1.165, 1.54) is 56.3 Å². The molecule has 24 heteroatoms. The van der Waals surface area contributed by atoms with E-state index < -0.39 is 20.2 Å². The van der Waals surface area contributed by atoms with E-state index in [2.05, 4.69) is 171 Å². The molecule has 0 bridgehead atoms. The number of carboxylic acids is 1. The maximum absolute atomic E-state index is 13.5. The van der Waals surface area contributed by atoms with Gasteiger partial charge >= 0.3 is 30.7 Å². The van der Waals surface area contributed by atoms with Crippen molar-refractivity contribution in [2.45, 2.75) is 217 Å². The van der Waals surface area contributed by atoms with Gasteiger partial charge in [0.2, 0.25) is 0 Å². The Morgan fingerprint density at radius 1 is 0.535 bits per heavy atom. The second-order valence-electron chi connectivity index (χ2n) is 30.7. The SMILES string of the molecule is C1COCCO1.CC(C)(C)C1=C/C(=C/[N-]c2cc(C(=O)[O-])ccc2N=Cc2cc(C(C)(C)C)cc(C(C)(C)C)c2[O-])C(=O)C(C(C)(C)C)=C1.CCCCCC.Cc1cc(C)n([BH-](n2nc(C)cc2C)n2nc(C)cc2C)n1.Cc1cc(C)n([BH-](n2nc(C)cc2C)n2nc(C)cc2C)n1.[La].[Ni+3]. The summed E-state index contributed by atoms with van der Waals surface area (Å²) in [5.41, 5.74) is 16.4. The van der Waals surface area contributed by atoms with E-state index in [0.29, 0.717) is 28.0 Å². The molecule has 101 heavy (non-hydrogen) atoms. The molecule has 1 aliphatic heterocycles. The molecule has 0 amide bonds. The molecule has 0 atom stereocenters. The molecule has 2 aromatic carbocycles. The predicted molar refractivity (Wildman–Crippen MR) is 401 cm³/mol. The average molecular weight is 1550 g/mol. The predicted octanol–water partition coefficient (Wildman–Crippen LogP) is 14.1. The minimum absolute atomic E-state index is 0. The summed E-state index contributed by atoms with van der Waals surface area (Å²) >= 11 is 0. The molecular weight excluding hydrogens is 1440 g/mol. The van der Waals surface area contributed by atoms with E-state index in [1.807, 2.05) is 107 Å². The second-order valence-corrected chi connectivity index (χ2v) is 30.7. The summed E-state index contributed by atoms with van der Waals surface area (Å²) in [6.45, 7) is 56.7. The Morgan fingerprint density at radius 2 is 0.901 bits per heavy atom. The molecule has 546 valence electrons. The van der Waals surface area contributed by atoms with Crippen LogP contribution in [0.4, 0.5) is 11.4 Å². The van der Waals surface area contributed by atoms with Crippen LogP contribution in [0.25, 0.3) is 5.32 Å². The van der Waals surface area contributed by atoms with Crippen molar-refractivity contribution in [1.29, 1.82) is 0 Å². The van der Waals surface area contributed by atoms with Crippen molar-refractivity contribution in [3.8, 4) is 5.75 Å². The van der Waals surface area contributed by atoms with Gasteiger partial charge in [-0.2, -0.15) is 6.20 Å². The van der Waals surface area contributed by atoms with Crippen LogP contribution in [0, 0.1) is 130 Å². The van der Waals surface area contributed by atoms with Gasteiger partial charge in [0.1, 0.15) is 0 Å². The third kappa shape index (κ3) is 23.5. The number of Topliss-reactive ketones (excluding diaryl/α,β-unsaturated/α-hetero) is 1. The fraction of sp³-hybridized carbons (Fsp3) is 0.494. The summed E-state index contributed by atoms with van der Waals surface area (Å²) in [4.78, 5) is 29.8. The Labute approximate surface area is 640 Å². The topological polar surface area (TPSA) is 232 Å². The number of hydrogen-bond acceptors (Lipinski definition) is 13. The Morgan fingerprint density at radius 3 is 1.18 bits per heavy atom. The summed E-state index contributed by atoms with van der Waals surface area (Å²) in [5.74, 6) is -1.59. The largest absolute Gasteiger partial charge is 3.00 e. The molecule has 2 aliphatic rings. The van der Waals surface area contributed by atoms with Crippen LogP contribution < -0.4 is 10.2 Å². The zero-order valence-corrected chi connectivity index (χ0v) is 69.9. The van der Waals surface area contributed by atoms with Crippen LogP contribution in [0.2, 0.25) is 0 Å². The van der Waals surface area contributed by atoms with E-state index in [-0.39, 0.29) is 96.5 Å². The number of benzene rings is 2. The third-order valence-electron chi connectivity index (χ3n) is 17.4. The van der Waals surface area contributed by atoms with Crippen molar-refractivity contribution in [3.63, 3.8) is 0 Å². The van der Waals surface area contributed by atoms with Gasteiger partial charge in [0.05, 0.1) is 66.6 Å². The molecule has 0 N–H and O–H groups in total. The van der Waals surface area contributed by atoms with Gasteiger partial charge in [-0.3, -0.25) is 9.79 Å². The number of unbranched alkanes of at least 4 members (excludes halogenated alkanes) is 3. The summed E-state index contributed by atoms with van der Waals surface area (Å²) in [7, 11) is -2.52. The van der Waals surface area contributed by atoms with Crippen LogP contribution in [0.5, 0.6) is 5.75 Å². The number of aromatic nitrogens is 12. The molecule has 0 spiro atoms. The average Bonchev–Trinajstić information content (AvgIpc) is 1.65. The first-order chi connectivity index (χ1) is 46.1. The molecule has 0 saturated carbocycles. The van der Waals surface area contributed by atoms with Gasteiger partial charge < -0.3 is 57.4 Å². The molecule has 10 rings (SSSR count). The number of aliphatic imine (C=N–C) groups is 1. The molecule has 0 unspecified atom stereocenters. The van der Waals surface area contributed by atoms with Crippen molar-refractivity contribution in [2.24, 2.45) is 15.8 Å². The molecule has 1 fully saturated rings. The van der Waals surface area contributed by atoms with Crippen molar-refractivity contribution >= 4 is 43.6 Å². The van der Waals surface area contributed by atoms with Crippen LogP contribution >= 0.6 is 0 Å². The van der Waals surface area contributed by atoms with Crippen molar-refractivity contribution in [2.75, 3.05) is 26.4 Å². The standard InChI is InChI=1S/C37H48N2O4.2C15H22BN6.C6H14.C4H8O2.La.Ni/c1-34(2,3)25-15-23(31(40)27(18-25)36(7,8)9)20-38-29-14-13-22(33(42)43)17-30(29)39-21-24-16-26(35(4,5)6)19-28(32(24)41)37(10,11)12;2*1-10-7-13(4)20(17-10)16(21-14(5)8-11(2)18-21)22-15(6)9-12(3)19-22;1-3-5-6-4-2;1-2-6-4-3-5-1;;/h13-21H,1-12H3,(H3,38,39,40,41,42,43);2*7-9,16H,1-6H3;3-6H2,1-2H3;1-4H2;;/q;2*-1;;;;+3/p-3. The molecule has 1 aliphatic carbocycles. The van der Waals surface area contributed by atoms with Crippen molar-refractivity contribution in [3.05, 3.63) is 198 Å². The Kier molecular flexibility index (Phi) is 31.7. The Hall–Kier alpha value is -6.93. The number of carboxylic acid groups (broad SMARTS) is 1. The maximum atomic E-state index is 13.5. The van der Waals surface area contributed by atoms with E-state index in [0.717, 1.165) is 106 Å². The van der Waals surface area contributed by atoms with Gasteiger partial charge in [-0.25, -0.2) is 30.6 Å². The molecule has 2 radical (unpaired) electrons. The van der Waals surface area contributed by atoms with Crippen LogP contribution in [0.1, 0.15) is 218 Å². The first-order valence-corrected chi connectivity index (χ1v) is 35.0. The van der Waals surface area contributed by atoms with Crippen molar-refractivity contribution in [1.82, 2.24) is 58.1 Å². The fourth-order valence-electron chi connectivity index (χ4n) is 12.1. The molecule has 8 aromatic rings. The van der Waals surface area contributed by atoms with E-state index in [1.54, 1.807) is 0 Å². The van der Waals surface area contributed by atoms with Crippen LogP contribution in [0.15, 0.2) is 107 Å². The Balaban J connectivity index is 0.000000312.